The minimum Gasteiger partial charge on any atom is -0.309 e. The summed E-state index contributed by atoms with van der Waals surface area (Å²) in [5, 5.41) is 3.88. The molecule has 110 valence electrons. The van der Waals surface area contributed by atoms with Crippen LogP contribution in [-0.2, 0) is 6.42 Å². The summed E-state index contributed by atoms with van der Waals surface area (Å²) in [4.78, 5) is 0. The van der Waals surface area contributed by atoms with Crippen molar-refractivity contribution in [2.75, 3.05) is 12.8 Å². The minimum atomic E-state index is 0.493. The van der Waals surface area contributed by atoms with Crippen LogP contribution < -0.4 is 5.32 Å². The average molecular weight is 354 g/mol. The van der Waals surface area contributed by atoms with Gasteiger partial charge in [0, 0.05) is 21.8 Å². The van der Waals surface area contributed by atoms with Crippen LogP contribution in [-0.4, -0.2) is 17.5 Å². The number of hydrogen-bond donors (Lipinski definition) is 1. The fourth-order valence-corrected chi connectivity index (χ4v) is 5.28. The SMILES string of the molecule is CSC1(CNC2CCc3c(Br)cccc32)CCCCC1. The highest BCUT2D eigenvalue weighted by Crippen LogP contribution is 2.40. The lowest BCUT2D eigenvalue weighted by molar-refractivity contribution is 0.362. The zero-order valence-electron chi connectivity index (χ0n) is 12.3. The van der Waals surface area contributed by atoms with Gasteiger partial charge in [-0.15, -0.1) is 0 Å². The van der Waals surface area contributed by atoms with Crippen molar-refractivity contribution in [3.63, 3.8) is 0 Å². The summed E-state index contributed by atoms with van der Waals surface area (Å²) in [6, 6.07) is 7.21. The lowest BCUT2D eigenvalue weighted by Gasteiger charge is -2.37. The number of hydrogen-bond acceptors (Lipinski definition) is 2. The molecular formula is C17H24BrNS. The second-order valence-electron chi connectivity index (χ2n) is 6.23. The number of thioether (sulfide) groups is 1. The zero-order chi connectivity index (χ0) is 14.0. The molecule has 0 aliphatic heterocycles. The maximum absolute atomic E-state index is 3.88. The highest BCUT2D eigenvalue weighted by Gasteiger charge is 2.33. The van der Waals surface area contributed by atoms with E-state index in [1.54, 1.807) is 0 Å². The first kappa shape index (κ1) is 14.9. The predicted octanol–water partition coefficient (Wildman–Crippen LogP) is 5.09. The third-order valence-electron chi connectivity index (χ3n) is 5.08. The van der Waals surface area contributed by atoms with Crippen molar-refractivity contribution < 1.29 is 0 Å². The fourth-order valence-electron chi connectivity index (χ4n) is 3.78. The van der Waals surface area contributed by atoms with Crippen molar-refractivity contribution in [2.24, 2.45) is 0 Å². The Morgan fingerprint density at radius 2 is 2.10 bits per heavy atom. The first-order valence-corrected chi connectivity index (χ1v) is 9.82. The minimum absolute atomic E-state index is 0.493. The summed E-state index contributed by atoms with van der Waals surface area (Å²) in [6.07, 6.45) is 11.8. The molecule has 1 atom stereocenters. The normalized spacial score (nSPS) is 24.6. The van der Waals surface area contributed by atoms with Crippen LogP contribution in [0.4, 0.5) is 0 Å². The lowest BCUT2D eigenvalue weighted by Crippen LogP contribution is -2.40. The topological polar surface area (TPSA) is 12.0 Å². The van der Waals surface area contributed by atoms with Crippen LogP contribution in [0.1, 0.15) is 55.7 Å². The molecule has 20 heavy (non-hydrogen) atoms. The summed E-state index contributed by atoms with van der Waals surface area (Å²) >= 11 is 5.78. The molecule has 1 N–H and O–H groups in total. The molecule has 0 radical (unpaired) electrons. The van der Waals surface area contributed by atoms with Crippen molar-refractivity contribution >= 4 is 27.7 Å². The Kier molecular flexibility index (Phi) is 4.79. The van der Waals surface area contributed by atoms with E-state index >= 15 is 0 Å². The Morgan fingerprint density at radius 1 is 1.30 bits per heavy atom. The van der Waals surface area contributed by atoms with Gasteiger partial charge in [0.1, 0.15) is 0 Å². The maximum Gasteiger partial charge on any atom is 0.0327 e. The number of rotatable bonds is 4. The Labute approximate surface area is 135 Å². The molecule has 0 aromatic heterocycles. The number of halogens is 1. The van der Waals surface area contributed by atoms with Gasteiger partial charge in [0.15, 0.2) is 0 Å². The molecular weight excluding hydrogens is 330 g/mol. The van der Waals surface area contributed by atoms with E-state index in [2.05, 4.69) is 57.5 Å². The van der Waals surface area contributed by atoms with Gasteiger partial charge in [-0.3, -0.25) is 0 Å². The van der Waals surface area contributed by atoms with Crippen LogP contribution in [0.2, 0.25) is 0 Å². The molecule has 0 bridgehead atoms. The van der Waals surface area contributed by atoms with E-state index in [0.29, 0.717) is 10.8 Å². The number of nitrogens with one attached hydrogen (secondary N) is 1. The van der Waals surface area contributed by atoms with Crippen molar-refractivity contribution in [1.82, 2.24) is 5.32 Å². The summed E-state index contributed by atoms with van der Waals surface area (Å²) < 4.78 is 1.78. The van der Waals surface area contributed by atoms with Crippen molar-refractivity contribution in [2.45, 2.75) is 55.7 Å². The highest BCUT2D eigenvalue weighted by molar-refractivity contribution is 9.10. The third kappa shape index (κ3) is 2.95. The molecule has 0 amide bonds. The largest absolute Gasteiger partial charge is 0.309 e. The Bertz CT molecular complexity index is 468. The van der Waals surface area contributed by atoms with Gasteiger partial charge in [-0.2, -0.15) is 11.8 Å². The number of fused-ring (bicyclic) bond motifs is 1. The average Bonchev–Trinajstić information content (AvgIpc) is 2.91. The summed E-state index contributed by atoms with van der Waals surface area (Å²) in [5.41, 5.74) is 3.04. The van der Waals surface area contributed by atoms with Gasteiger partial charge in [-0.1, -0.05) is 47.3 Å². The second-order valence-corrected chi connectivity index (χ2v) is 8.36. The van der Waals surface area contributed by atoms with Crippen LogP contribution >= 0.6 is 27.7 Å². The molecule has 0 saturated heterocycles. The van der Waals surface area contributed by atoms with Crippen molar-refractivity contribution in [1.29, 1.82) is 0 Å². The van der Waals surface area contributed by atoms with Crippen molar-refractivity contribution in [3.8, 4) is 0 Å². The monoisotopic (exact) mass is 353 g/mol. The molecule has 1 unspecified atom stereocenters. The lowest BCUT2D eigenvalue weighted by atomic mass is 9.88. The third-order valence-corrected chi connectivity index (χ3v) is 7.24. The summed E-state index contributed by atoms with van der Waals surface area (Å²) in [5.74, 6) is 0. The van der Waals surface area contributed by atoms with Gasteiger partial charge in [0.25, 0.3) is 0 Å². The molecule has 3 rings (SSSR count). The van der Waals surface area contributed by atoms with Gasteiger partial charge >= 0.3 is 0 Å². The molecule has 1 nitrogen and oxygen atoms in total. The van der Waals surface area contributed by atoms with Crippen LogP contribution in [0.25, 0.3) is 0 Å². The van der Waals surface area contributed by atoms with E-state index in [9.17, 15) is 0 Å². The van der Waals surface area contributed by atoms with E-state index in [-0.39, 0.29) is 0 Å². The van der Waals surface area contributed by atoms with E-state index < -0.39 is 0 Å². The summed E-state index contributed by atoms with van der Waals surface area (Å²) in [7, 11) is 0. The Balaban J connectivity index is 1.67. The van der Waals surface area contributed by atoms with Gasteiger partial charge < -0.3 is 5.32 Å². The van der Waals surface area contributed by atoms with Gasteiger partial charge in [0.05, 0.1) is 0 Å². The van der Waals surface area contributed by atoms with Gasteiger partial charge in [0.2, 0.25) is 0 Å². The molecule has 1 aromatic rings. The van der Waals surface area contributed by atoms with Crippen LogP contribution in [0.5, 0.6) is 0 Å². The van der Waals surface area contributed by atoms with E-state index in [4.69, 9.17) is 0 Å². The zero-order valence-corrected chi connectivity index (χ0v) is 14.7. The molecule has 0 spiro atoms. The quantitative estimate of drug-likeness (QED) is 0.808. The van der Waals surface area contributed by atoms with E-state index in [1.807, 2.05) is 0 Å². The molecule has 2 aliphatic rings. The first-order chi connectivity index (χ1) is 9.74. The number of benzene rings is 1. The molecule has 1 saturated carbocycles. The fraction of sp³-hybridized carbons (Fsp3) is 0.647. The van der Waals surface area contributed by atoms with E-state index in [0.717, 1.165) is 0 Å². The van der Waals surface area contributed by atoms with Crippen molar-refractivity contribution in [3.05, 3.63) is 33.8 Å². The van der Waals surface area contributed by atoms with Crippen LogP contribution in [0.3, 0.4) is 0 Å². The Morgan fingerprint density at radius 3 is 2.85 bits per heavy atom. The molecule has 1 aromatic carbocycles. The standard InChI is InChI=1S/C17H24BrNS/c1-20-17(10-3-2-4-11-17)12-19-16-9-8-13-14(16)6-5-7-15(13)18/h5-7,16,19H,2-4,8-12H2,1H3. The Hall–Kier alpha value is 0.0100. The van der Waals surface area contributed by atoms with Crippen LogP contribution in [0, 0.1) is 0 Å². The second kappa shape index (κ2) is 6.41. The molecule has 2 aliphatic carbocycles. The smallest absolute Gasteiger partial charge is 0.0327 e. The first-order valence-electron chi connectivity index (χ1n) is 7.80. The maximum atomic E-state index is 3.88. The highest BCUT2D eigenvalue weighted by atomic mass is 79.9. The van der Waals surface area contributed by atoms with Gasteiger partial charge in [-0.05, 0) is 49.1 Å². The molecule has 1 fully saturated rings. The molecule has 0 heterocycles. The predicted molar refractivity (Wildman–Crippen MR) is 92.5 cm³/mol. The van der Waals surface area contributed by atoms with E-state index in [1.165, 1.54) is 67.1 Å². The van der Waals surface area contributed by atoms with Crippen LogP contribution in [0.15, 0.2) is 22.7 Å². The molecule has 3 heteroatoms. The van der Waals surface area contributed by atoms with Gasteiger partial charge in [-0.25, -0.2) is 0 Å². The summed E-state index contributed by atoms with van der Waals surface area (Å²) in [6.45, 7) is 1.17.